The van der Waals surface area contributed by atoms with Crippen LogP contribution >= 0.6 is 0 Å². The van der Waals surface area contributed by atoms with Gasteiger partial charge >= 0.3 is 5.97 Å². The Balaban J connectivity index is 2.19. The van der Waals surface area contributed by atoms with E-state index in [2.05, 4.69) is 4.90 Å². The van der Waals surface area contributed by atoms with E-state index in [1.165, 1.54) is 7.11 Å². The van der Waals surface area contributed by atoms with Crippen molar-refractivity contribution in [1.29, 1.82) is 0 Å². The molecule has 1 aromatic carbocycles. The normalized spacial score (nSPS) is 23.2. The van der Waals surface area contributed by atoms with Crippen LogP contribution in [-0.2, 0) is 4.74 Å². The number of hydrogen-bond donors (Lipinski definition) is 2. The Morgan fingerprint density at radius 3 is 3.05 bits per heavy atom. The second-order valence-corrected chi connectivity index (χ2v) is 5.09. The molecule has 0 aromatic heterocycles. The van der Waals surface area contributed by atoms with Crippen LogP contribution < -0.4 is 10.6 Å². The number of rotatable bonds is 3. The molecule has 0 bridgehead atoms. The summed E-state index contributed by atoms with van der Waals surface area (Å²) < 4.78 is 4.72. The molecule has 1 fully saturated rings. The van der Waals surface area contributed by atoms with Gasteiger partial charge in [-0.1, -0.05) is 6.07 Å². The van der Waals surface area contributed by atoms with Gasteiger partial charge in [-0.25, -0.2) is 4.79 Å². The fourth-order valence-electron chi connectivity index (χ4n) is 2.46. The van der Waals surface area contributed by atoms with Gasteiger partial charge in [-0.2, -0.15) is 0 Å². The Kier molecular flexibility index (Phi) is 4.07. The van der Waals surface area contributed by atoms with E-state index in [-0.39, 0.29) is 12.6 Å². The first-order valence-electron chi connectivity index (χ1n) is 6.41. The Hall–Kier alpha value is -1.59. The molecule has 1 aromatic rings. The smallest absolute Gasteiger partial charge is 0.337 e. The van der Waals surface area contributed by atoms with Gasteiger partial charge in [0.05, 0.1) is 24.8 Å². The molecule has 1 unspecified atom stereocenters. The van der Waals surface area contributed by atoms with Crippen molar-refractivity contribution in [2.45, 2.75) is 18.4 Å². The number of aliphatic hydroxyl groups is 1. The zero-order chi connectivity index (χ0) is 13.9. The fraction of sp³-hybridized carbons (Fsp3) is 0.500. The third-order valence-electron chi connectivity index (χ3n) is 3.56. The Labute approximate surface area is 113 Å². The van der Waals surface area contributed by atoms with Crippen molar-refractivity contribution in [3.63, 3.8) is 0 Å². The van der Waals surface area contributed by atoms with Gasteiger partial charge in [-0.15, -0.1) is 0 Å². The van der Waals surface area contributed by atoms with Crippen LogP contribution in [0.5, 0.6) is 0 Å². The van der Waals surface area contributed by atoms with E-state index in [1.54, 1.807) is 12.1 Å². The second kappa shape index (κ2) is 5.59. The Bertz CT molecular complexity index is 464. The summed E-state index contributed by atoms with van der Waals surface area (Å²) in [5.74, 6) is -0.347. The zero-order valence-corrected chi connectivity index (χ0v) is 11.1. The van der Waals surface area contributed by atoms with Gasteiger partial charge in [0.15, 0.2) is 0 Å². The average molecular weight is 264 g/mol. The van der Waals surface area contributed by atoms with E-state index in [4.69, 9.17) is 10.5 Å². The third-order valence-corrected chi connectivity index (χ3v) is 3.56. The molecule has 5 nitrogen and oxygen atoms in total. The van der Waals surface area contributed by atoms with Crippen molar-refractivity contribution in [1.82, 2.24) is 0 Å². The van der Waals surface area contributed by atoms with Gasteiger partial charge in [0.25, 0.3) is 0 Å². The molecule has 0 radical (unpaired) electrons. The van der Waals surface area contributed by atoms with Crippen LogP contribution in [0.25, 0.3) is 0 Å². The highest BCUT2D eigenvalue weighted by Crippen LogP contribution is 2.25. The van der Waals surface area contributed by atoms with Gasteiger partial charge in [0, 0.05) is 18.8 Å². The highest BCUT2D eigenvalue weighted by molar-refractivity contribution is 5.90. The van der Waals surface area contributed by atoms with Crippen LogP contribution in [-0.4, -0.2) is 43.4 Å². The number of carbonyl (C=O) groups excluding carboxylic acids is 1. The van der Waals surface area contributed by atoms with Crippen LogP contribution in [0.2, 0.25) is 0 Å². The van der Waals surface area contributed by atoms with Crippen molar-refractivity contribution in [3.05, 3.63) is 29.8 Å². The molecular formula is C14H20N2O3. The third kappa shape index (κ3) is 3.05. The number of piperidine rings is 1. The number of anilines is 1. The molecule has 1 aliphatic heterocycles. The monoisotopic (exact) mass is 264 g/mol. The number of nitrogens with two attached hydrogens (primary N) is 1. The van der Waals surface area contributed by atoms with Crippen molar-refractivity contribution in [3.8, 4) is 0 Å². The van der Waals surface area contributed by atoms with E-state index in [1.807, 2.05) is 12.1 Å². The highest BCUT2D eigenvalue weighted by atomic mass is 16.5. The molecule has 19 heavy (non-hydrogen) atoms. The summed E-state index contributed by atoms with van der Waals surface area (Å²) in [7, 11) is 1.37. The molecule has 1 atom stereocenters. The van der Waals surface area contributed by atoms with Gasteiger partial charge in [0.2, 0.25) is 0 Å². The lowest BCUT2D eigenvalue weighted by Gasteiger charge is -2.40. The van der Waals surface area contributed by atoms with Crippen LogP contribution in [0.15, 0.2) is 24.3 Å². The lowest BCUT2D eigenvalue weighted by Crippen LogP contribution is -2.56. The molecule has 104 valence electrons. The predicted molar refractivity (Wildman–Crippen MR) is 73.2 cm³/mol. The summed E-state index contributed by atoms with van der Waals surface area (Å²) in [6.07, 6.45) is 1.75. The number of esters is 1. The Morgan fingerprint density at radius 1 is 1.58 bits per heavy atom. The van der Waals surface area contributed by atoms with Gasteiger partial charge in [-0.05, 0) is 31.0 Å². The average Bonchev–Trinajstić information content (AvgIpc) is 2.46. The number of nitrogens with zero attached hydrogens (tertiary/aromatic N) is 1. The standard InChI is InChI=1S/C14H20N2O3/c1-19-13(18)11-4-2-5-12(8-11)16-7-3-6-14(15,9-16)10-17/h2,4-5,8,17H,3,6-7,9-10,15H2,1H3. The van der Waals surface area contributed by atoms with E-state index in [0.717, 1.165) is 25.1 Å². The minimum Gasteiger partial charge on any atom is -0.465 e. The fourth-order valence-corrected chi connectivity index (χ4v) is 2.46. The maximum absolute atomic E-state index is 11.5. The minimum absolute atomic E-state index is 0.0276. The maximum atomic E-state index is 11.5. The lowest BCUT2D eigenvalue weighted by atomic mass is 9.90. The van der Waals surface area contributed by atoms with E-state index in [0.29, 0.717) is 12.1 Å². The zero-order valence-electron chi connectivity index (χ0n) is 11.1. The van der Waals surface area contributed by atoms with Gasteiger partial charge in [0.1, 0.15) is 0 Å². The Morgan fingerprint density at radius 2 is 2.37 bits per heavy atom. The summed E-state index contributed by atoms with van der Waals surface area (Å²) >= 11 is 0. The van der Waals surface area contributed by atoms with Crippen molar-refractivity contribution in [2.24, 2.45) is 5.73 Å². The van der Waals surface area contributed by atoms with Crippen molar-refractivity contribution < 1.29 is 14.6 Å². The predicted octanol–water partition coefficient (Wildman–Crippen LogP) is 0.763. The molecule has 0 amide bonds. The molecule has 1 aliphatic rings. The minimum atomic E-state index is -0.556. The molecule has 1 saturated heterocycles. The second-order valence-electron chi connectivity index (χ2n) is 5.09. The summed E-state index contributed by atoms with van der Waals surface area (Å²) in [6, 6.07) is 7.29. The molecular weight excluding hydrogens is 244 g/mol. The SMILES string of the molecule is COC(=O)c1cccc(N2CCCC(N)(CO)C2)c1. The topological polar surface area (TPSA) is 75.8 Å². The molecule has 3 N–H and O–H groups in total. The molecule has 5 heteroatoms. The summed E-state index contributed by atoms with van der Waals surface area (Å²) in [6.45, 7) is 1.44. The van der Waals surface area contributed by atoms with Gasteiger partial charge < -0.3 is 20.5 Å². The number of ether oxygens (including phenoxy) is 1. The quantitative estimate of drug-likeness (QED) is 0.788. The summed E-state index contributed by atoms with van der Waals surface area (Å²) in [5, 5.41) is 9.37. The maximum Gasteiger partial charge on any atom is 0.337 e. The van der Waals surface area contributed by atoms with Crippen LogP contribution in [0.4, 0.5) is 5.69 Å². The number of aliphatic hydroxyl groups excluding tert-OH is 1. The van der Waals surface area contributed by atoms with Crippen molar-refractivity contribution >= 4 is 11.7 Å². The summed E-state index contributed by atoms with van der Waals surface area (Å²) in [5.41, 5.74) is 7.03. The number of methoxy groups -OCH3 is 1. The first-order valence-corrected chi connectivity index (χ1v) is 6.41. The molecule has 0 spiro atoms. The van der Waals surface area contributed by atoms with Crippen LogP contribution in [0.1, 0.15) is 23.2 Å². The number of carbonyl (C=O) groups is 1. The highest BCUT2D eigenvalue weighted by Gasteiger charge is 2.31. The largest absolute Gasteiger partial charge is 0.465 e. The van der Waals surface area contributed by atoms with Crippen molar-refractivity contribution in [2.75, 3.05) is 31.7 Å². The first-order chi connectivity index (χ1) is 9.08. The van der Waals surface area contributed by atoms with E-state index >= 15 is 0 Å². The molecule has 0 aliphatic carbocycles. The summed E-state index contributed by atoms with van der Waals surface area (Å²) in [4.78, 5) is 13.6. The lowest BCUT2D eigenvalue weighted by molar-refractivity contribution is 0.0600. The number of hydrogen-bond acceptors (Lipinski definition) is 5. The molecule has 1 heterocycles. The van der Waals surface area contributed by atoms with Gasteiger partial charge in [-0.3, -0.25) is 0 Å². The van der Waals surface area contributed by atoms with E-state index < -0.39 is 5.54 Å². The number of benzene rings is 1. The van der Waals surface area contributed by atoms with Crippen LogP contribution in [0, 0.1) is 0 Å². The van der Waals surface area contributed by atoms with E-state index in [9.17, 15) is 9.90 Å². The molecule has 0 saturated carbocycles. The van der Waals surface area contributed by atoms with Crippen LogP contribution in [0.3, 0.4) is 0 Å². The first kappa shape index (κ1) is 13.8. The molecule has 2 rings (SSSR count).